The van der Waals surface area contributed by atoms with Crippen molar-refractivity contribution < 1.29 is 19.1 Å². The Morgan fingerprint density at radius 1 is 1.00 bits per heavy atom. The minimum absolute atomic E-state index is 0.116. The Labute approximate surface area is 140 Å². The summed E-state index contributed by atoms with van der Waals surface area (Å²) in [5.74, 6) is -0.821. The van der Waals surface area contributed by atoms with Crippen LogP contribution < -0.4 is 0 Å². The molecule has 0 heterocycles. The van der Waals surface area contributed by atoms with Crippen molar-refractivity contribution in [1.29, 1.82) is 0 Å². The maximum absolute atomic E-state index is 11.9. The van der Waals surface area contributed by atoms with Crippen LogP contribution in [0.2, 0.25) is 5.02 Å². The summed E-state index contributed by atoms with van der Waals surface area (Å²) >= 11 is 5.84. The molecule has 5 heteroatoms. The average Bonchev–Trinajstić information content (AvgIpc) is 2.52. The van der Waals surface area contributed by atoms with E-state index in [0.29, 0.717) is 16.1 Å². The van der Waals surface area contributed by atoms with Gasteiger partial charge in [0.2, 0.25) is 0 Å². The monoisotopic (exact) mass is 332 g/mol. The lowest BCUT2D eigenvalue weighted by atomic mass is 10.1. The highest BCUT2D eigenvalue weighted by molar-refractivity contribution is 6.30. The highest BCUT2D eigenvalue weighted by atomic mass is 35.5. The maximum atomic E-state index is 11.9. The zero-order chi connectivity index (χ0) is 16.8. The van der Waals surface area contributed by atoms with Gasteiger partial charge in [-0.05, 0) is 49.7 Å². The summed E-state index contributed by atoms with van der Waals surface area (Å²) in [5, 5.41) is 0.479. The fraction of sp³-hybridized carbons (Fsp3) is 0.222. The number of esters is 2. The highest BCUT2D eigenvalue weighted by Crippen LogP contribution is 2.13. The molecule has 0 aliphatic rings. The molecule has 0 saturated heterocycles. The van der Waals surface area contributed by atoms with Gasteiger partial charge in [0, 0.05) is 5.02 Å². The molecule has 0 bridgehead atoms. The maximum Gasteiger partial charge on any atom is 0.338 e. The molecule has 0 saturated carbocycles. The van der Waals surface area contributed by atoms with E-state index < -0.39 is 5.97 Å². The first kappa shape index (κ1) is 17.0. The topological polar surface area (TPSA) is 52.6 Å². The number of halogens is 1. The van der Waals surface area contributed by atoms with Crippen molar-refractivity contribution in [1.82, 2.24) is 0 Å². The SMILES string of the molecule is CC(C)OC(=O)c1ccc(COC(=O)c2cccc(Cl)c2)cc1. The smallest absolute Gasteiger partial charge is 0.338 e. The fourth-order valence-corrected chi connectivity index (χ4v) is 2.06. The van der Waals surface area contributed by atoms with Crippen molar-refractivity contribution in [3.63, 3.8) is 0 Å². The summed E-state index contributed by atoms with van der Waals surface area (Å²) in [6.45, 7) is 3.70. The van der Waals surface area contributed by atoms with Gasteiger partial charge in [-0.25, -0.2) is 9.59 Å². The zero-order valence-electron chi connectivity index (χ0n) is 12.9. The summed E-state index contributed by atoms with van der Waals surface area (Å²) in [7, 11) is 0. The van der Waals surface area contributed by atoms with Gasteiger partial charge in [0.25, 0.3) is 0 Å². The van der Waals surface area contributed by atoms with Crippen LogP contribution >= 0.6 is 11.6 Å². The lowest BCUT2D eigenvalue weighted by Crippen LogP contribution is -2.11. The van der Waals surface area contributed by atoms with Gasteiger partial charge in [-0.1, -0.05) is 29.8 Å². The Balaban J connectivity index is 1.94. The average molecular weight is 333 g/mol. The van der Waals surface area contributed by atoms with Gasteiger partial charge in [0.15, 0.2) is 0 Å². The van der Waals surface area contributed by atoms with Gasteiger partial charge in [-0.15, -0.1) is 0 Å². The predicted molar refractivity (Wildman–Crippen MR) is 87.6 cm³/mol. The second kappa shape index (κ2) is 7.79. The van der Waals surface area contributed by atoms with Crippen LogP contribution in [0.3, 0.4) is 0 Å². The number of hydrogen-bond acceptors (Lipinski definition) is 4. The van der Waals surface area contributed by atoms with E-state index in [1.165, 1.54) is 0 Å². The molecule has 0 aliphatic heterocycles. The zero-order valence-corrected chi connectivity index (χ0v) is 13.7. The first-order chi connectivity index (χ1) is 11.0. The highest BCUT2D eigenvalue weighted by Gasteiger charge is 2.10. The third kappa shape index (κ3) is 5.11. The molecule has 0 unspecified atom stereocenters. The van der Waals surface area contributed by atoms with Crippen LogP contribution in [0, 0.1) is 0 Å². The minimum Gasteiger partial charge on any atom is -0.459 e. The molecule has 0 aromatic heterocycles. The number of carbonyl (C=O) groups excluding carboxylic acids is 2. The molecule has 0 N–H and O–H groups in total. The predicted octanol–water partition coefficient (Wildman–Crippen LogP) is 4.26. The quantitative estimate of drug-likeness (QED) is 0.767. The summed E-state index contributed by atoms with van der Waals surface area (Å²) in [5.41, 5.74) is 1.64. The Kier molecular flexibility index (Phi) is 5.77. The normalized spacial score (nSPS) is 10.4. The van der Waals surface area contributed by atoms with E-state index in [2.05, 4.69) is 0 Å². The van der Waals surface area contributed by atoms with E-state index in [9.17, 15) is 9.59 Å². The van der Waals surface area contributed by atoms with Crippen molar-refractivity contribution in [2.24, 2.45) is 0 Å². The molecule has 23 heavy (non-hydrogen) atoms. The number of hydrogen-bond donors (Lipinski definition) is 0. The van der Waals surface area contributed by atoms with Gasteiger partial charge in [-0.2, -0.15) is 0 Å². The molecule has 0 fully saturated rings. The van der Waals surface area contributed by atoms with E-state index in [-0.39, 0.29) is 18.7 Å². The van der Waals surface area contributed by atoms with Crippen LogP contribution in [-0.4, -0.2) is 18.0 Å². The van der Waals surface area contributed by atoms with E-state index in [0.717, 1.165) is 5.56 Å². The van der Waals surface area contributed by atoms with Crippen LogP contribution in [0.1, 0.15) is 40.1 Å². The second-order valence-corrected chi connectivity index (χ2v) is 5.67. The third-order valence-corrected chi connectivity index (χ3v) is 3.20. The Hall–Kier alpha value is -2.33. The molecule has 0 radical (unpaired) electrons. The first-order valence-electron chi connectivity index (χ1n) is 7.18. The van der Waals surface area contributed by atoms with Crippen molar-refractivity contribution in [3.8, 4) is 0 Å². The molecule has 0 spiro atoms. The van der Waals surface area contributed by atoms with Crippen LogP contribution in [-0.2, 0) is 16.1 Å². The minimum atomic E-state index is -0.448. The second-order valence-electron chi connectivity index (χ2n) is 5.24. The molecule has 2 rings (SSSR count). The van der Waals surface area contributed by atoms with Gasteiger partial charge < -0.3 is 9.47 Å². The first-order valence-corrected chi connectivity index (χ1v) is 7.56. The summed E-state index contributed by atoms with van der Waals surface area (Å²) in [4.78, 5) is 23.6. The van der Waals surface area contributed by atoms with Gasteiger partial charge in [-0.3, -0.25) is 0 Å². The van der Waals surface area contributed by atoms with Crippen LogP contribution in [0.5, 0.6) is 0 Å². The number of rotatable bonds is 5. The standard InChI is InChI=1S/C18H17ClO4/c1-12(2)23-18(21)14-8-6-13(7-9-14)11-22-17(20)15-4-3-5-16(19)10-15/h3-10,12H,11H2,1-2H3. The lowest BCUT2D eigenvalue weighted by Gasteiger charge is -2.09. The number of carbonyl (C=O) groups is 2. The van der Waals surface area contributed by atoms with Gasteiger partial charge >= 0.3 is 11.9 Å². The van der Waals surface area contributed by atoms with E-state index >= 15 is 0 Å². The van der Waals surface area contributed by atoms with Gasteiger partial charge in [0.05, 0.1) is 17.2 Å². The van der Waals surface area contributed by atoms with Crippen molar-refractivity contribution in [2.45, 2.75) is 26.6 Å². The summed E-state index contributed by atoms with van der Waals surface area (Å²) < 4.78 is 10.3. The van der Waals surface area contributed by atoms with Gasteiger partial charge in [0.1, 0.15) is 6.61 Å². The Morgan fingerprint density at radius 3 is 2.30 bits per heavy atom. The molecular formula is C18H17ClO4. The molecule has 2 aromatic rings. The van der Waals surface area contributed by atoms with E-state index in [4.69, 9.17) is 21.1 Å². The number of benzene rings is 2. The molecular weight excluding hydrogens is 316 g/mol. The number of ether oxygens (including phenoxy) is 2. The Morgan fingerprint density at radius 2 is 1.70 bits per heavy atom. The van der Waals surface area contributed by atoms with Crippen molar-refractivity contribution in [3.05, 3.63) is 70.2 Å². The fourth-order valence-electron chi connectivity index (χ4n) is 1.87. The molecule has 0 aliphatic carbocycles. The van der Waals surface area contributed by atoms with Crippen LogP contribution in [0.15, 0.2) is 48.5 Å². The summed E-state index contributed by atoms with van der Waals surface area (Å²) in [6, 6.07) is 13.3. The van der Waals surface area contributed by atoms with Crippen molar-refractivity contribution >= 4 is 23.5 Å². The van der Waals surface area contributed by atoms with Crippen LogP contribution in [0.4, 0.5) is 0 Å². The van der Waals surface area contributed by atoms with Crippen LogP contribution in [0.25, 0.3) is 0 Å². The largest absolute Gasteiger partial charge is 0.459 e. The molecule has 0 atom stereocenters. The molecule has 4 nitrogen and oxygen atoms in total. The third-order valence-electron chi connectivity index (χ3n) is 2.96. The van der Waals surface area contributed by atoms with E-state index in [1.54, 1.807) is 62.4 Å². The molecule has 0 amide bonds. The lowest BCUT2D eigenvalue weighted by molar-refractivity contribution is 0.0376. The Bertz CT molecular complexity index is 692. The molecule has 2 aromatic carbocycles. The molecule has 120 valence electrons. The van der Waals surface area contributed by atoms with E-state index in [1.807, 2.05) is 0 Å². The summed E-state index contributed by atoms with van der Waals surface area (Å²) in [6.07, 6.45) is -0.166. The van der Waals surface area contributed by atoms with Crippen molar-refractivity contribution in [2.75, 3.05) is 0 Å².